The Hall–Kier alpha value is -1.56. The van der Waals surface area contributed by atoms with Gasteiger partial charge in [0.25, 0.3) is 5.91 Å². The molecule has 1 N–H and O–H groups in total. The second-order valence-corrected chi connectivity index (χ2v) is 7.41. The third kappa shape index (κ3) is 3.96. The number of hydrogen-bond donors (Lipinski definition) is 1. The molecule has 1 aromatic carbocycles. The van der Waals surface area contributed by atoms with E-state index in [2.05, 4.69) is 5.32 Å². The van der Waals surface area contributed by atoms with Crippen LogP contribution in [-0.4, -0.2) is 38.0 Å². The molecule has 0 aliphatic carbocycles. The van der Waals surface area contributed by atoms with Crippen LogP contribution in [0.2, 0.25) is 0 Å². The lowest BCUT2D eigenvalue weighted by molar-refractivity contribution is -0.127. The summed E-state index contributed by atoms with van der Waals surface area (Å²) in [5.41, 5.74) is 1.05. The van der Waals surface area contributed by atoms with Gasteiger partial charge in [0.1, 0.15) is 5.75 Å². The molecule has 1 heterocycles. The molecule has 1 aliphatic heterocycles. The van der Waals surface area contributed by atoms with Crippen LogP contribution in [0.4, 0.5) is 0 Å². The summed E-state index contributed by atoms with van der Waals surface area (Å²) in [5, 5.41) is 2.73. The number of amides is 1. The standard InChI is InChI=1S/C14H19NO4S/c1-10-4-3-5-13(8-10)19-11(2)14(16)15-12-6-7-20(17,18)9-12/h3-5,8,11-12H,6-7,9H2,1-2H3,(H,15,16). The highest BCUT2D eigenvalue weighted by atomic mass is 32.2. The van der Waals surface area contributed by atoms with E-state index in [9.17, 15) is 13.2 Å². The lowest BCUT2D eigenvalue weighted by atomic mass is 10.2. The van der Waals surface area contributed by atoms with E-state index in [0.717, 1.165) is 5.56 Å². The van der Waals surface area contributed by atoms with Crippen LogP contribution in [0.5, 0.6) is 5.75 Å². The molecule has 2 atom stereocenters. The van der Waals surface area contributed by atoms with Crippen LogP contribution in [-0.2, 0) is 14.6 Å². The molecular weight excluding hydrogens is 278 g/mol. The van der Waals surface area contributed by atoms with Crippen molar-refractivity contribution in [3.8, 4) is 5.75 Å². The summed E-state index contributed by atoms with van der Waals surface area (Å²) in [6.07, 6.45) is -0.175. The second-order valence-electron chi connectivity index (χ2n) is 5.19. The van der Waals surface area contributed by atoms with E-state index in [1.165, 1.54) is 0 Å². The number of hydrogen-bond acceptors (Lipinski definition) is 4. The minimum absolute atomic E-state index is 0.0237. The first-order valence-corrected chi connectivity index (χ1v) is 8.42. The van der Waals surface area contributed by atoms with Gasteiger partial charge in [0, 0.05) is 6.04 Å². The van der Waals surface area contributed by atoms with Gasteiger partial charge in [-0.3, -0.25) is 4.79 Å². The number of sulfone groups is 1. The van der Waals surface area contributed by atoms with Gasteiger partial charge in [-0.25, -0.2) is 8.42 Å². The number of nitrogens with one attached hydrogen (secondary N) is 1. The van der Waals surface area contributed by atoms with E-state index < -0.39 is 15.9 Å². The number of carbonyl (C=O) groups is 1. The number of aryl methyl sites for hydroxylation is 1. The Morgan fingerprint density at radius 1 is 1.45 bits per heavy atom. The number of rotatable bonds is 4. The van der Waals surface area contributed by atoms with E-state index >= 15 is 0 Å². The van der Waals surface area contributed by atoms with E-state index in [1.807, 2.05) is 25.1 Å². The van der Waals surface area contributed by atoms with Gasteiger partial charge < -0.3 is 10.1 Å². The van der Waals surface area contributed by atoms with Gasteiger partial charge in [-0.05, 0) is 38.0 Å². The summed E-state index contributed by atoms with van der Waals surface area (Å²) in [7, 11) is -2.99. The molecule has 0 aromatic heterocycles. The summed E-state index contributed by atoms with van der Waals surface area (Å²) >= 11 is 0. The quantitative estimate of drug-likeness (QED) is 0.902. The van der Waals surface area contributed by atoms with Gasteiger partial charge in [0.15, 0.2) is 15.9 Å². The molecule has 1 amide bonds. The maximum absolute atomic E-state index is 12.0. The summed E-state index contributed by atoms with van der Waals surface area (Å²) in [6.45, 7) is 3.60. The first kappa shape index (κ1) is 14.8. The van der Waals surface area contributed by atoms with Gasteiger partial charge in [0.2, 0.25) is 0 Å². The second kappa shape index (κ2) is 5.83. The first-order valence-electron chi connectivity index (χ1n) is 6.60. The van der Waals surface area contributed by atoms with Gasteiger partial charge in [-0.1, -0.05) is 12.1 Å². The zero-order chi connectivity index (χ0) is 14.8. The zero-order valence-electron chi connectivity index (χ0n) is 11.6. The molecule has 2 rings (SSSR count). The third-order valence-electron chi connectivity index (χ3n) is 3.25. The predicted octanol–water partition coefficient (Wildman–Crippen LogP) is 1.07. The largest absolute Gasteiger partial charge is 0.481 e. The highest BCUT2D eigenvalue weighted by molar-refractivity contribution is 7.91. The van der Waals surface area contributed by atoms with Crippen molar-refractivity contribution in [2.75, 3.05) is 11.5 Å². The topological polar surface area (TPSA) is 72.5 Å². The van der Waals surface area contributed by atoms with Crippen LogP contribution in [0.25, 0.3) is 0 Å². The maximum Gasteiger partial charge on any atom is 0.261 e. The van der Waals surface area contributed by atoms with Crippen molar-refractivity contribution in [3.63, 3.8) is 0 Å². The van der Waals surface area contributed by atoms with E-state index in [4.69, 9.17) is 4.74 Å². The first-order chi connectivity index (χ1) is 9.35. The fourth-order valence-corrected chi connectivity index (χ4v) is 3.85. The van der Waals surface area contributed by atoms with Crippen molar-refractivity contribution in [3.05, 3.63) is 29.8 Å². The number of carbonyl (C=O) groups excluding carboxylic acids is 1. The van der Waals surface area contributed by atoms with E-state index in [0.29, 0.717) is 12.2 Å². The molecule has 1 fully saturated rings. The Morgan fingerprint density at radius 2 is 2.20 bits per heavy atom. The summed E-state index contributed by atoms with van der Waals surface area (Å²) in [6, 6.07) is 7.15. The van der Waals surface area contributed by atoms with Crippen molar-refractivity contribution in [1.82, 2.24) is 5.32 Å². The molecule has 1 saturated heterocycles. The Morgan fingerprint density at radius 3 is 2.80 bits per heavy atom. The van der Waals surface area contributed by atoms with Crippen molar-refractivity contribution >= 4 is 15.7 Å². The highest BCUT2D eigenvalue weighted by Crippen LogP contribution is 2.15. The normalized spacial score (nSPS) is 22.2. The number of ether oxygens (including phenoxy) is 1. The van der Waals surface area contributed by atoms with E-state index in [-0.39, 0.29) is 23.5 Å². The zero-order valence-corrected chi connectivity index (χ0v) is 12.4. The summed E-state index contributed by atoms with van der Waals surface area (Å²) < 4.78 is 28.2. The van der Waals surface area contributed by atoms with Crippen LogP contribution in [0.15, 0.2) is 24.3 Å². The number of benzene rings is 1. The van der Waals surface area contributed by atoms with Crippen LogP contribution in [0.1, 0.15) is 18.9 Å². The average molecular weight is 297 g/mol. The van der Waals surface area contributed by atoms with Gasteiger partial charge >= 0.3 is 0 Å². The van der Waals surface area contributed by atoms with E-state index in [1.54, 1.807) is 13.0 Å². The molecule has 20 heavy (non-hydrogen) atoms. The predicted molar refractivity (Wildman–Crippen MR) is 76.5 cm³/mol. The van der Waals surface area contributed by atoms with Crippen LogP contribution < -0.4 is 10.1 Å². The molecule has 0 bridgehead atoms. The van der Waals surface area contributed by atoms with Crippen molar-refractivity contribution in [2.45, 2.75) is 32.4 Å². The molecule has 6 heteroatoms. The average Bonchev–Trinajstić information content (AvgIpc) is 2.68. The molecule has 1 aromatic rings. The summed E-state index contributed by atoms with van der Waals surface area (Å²) in [4.78, 5) is 12.0. The Labute approximate surface area is 119 Å². The SMILES string of the molecule is Cc1cccc(OC(C)C(=O)NC2CCS(=O)(=O)C2)c1. The molecule has 110 valence electrons. The summed E-state index contributed by atoms with van der Waals surface area (Å²) in [5.74, 6) is 0.515. The Balaban J connectivity index is 1.89. The molecule has 2 unspecified atom stereocenters. The smallest absolute Gasteiger partial charge is 0.261 e. The Kier molecular flexibility index (Phi) is 4.32. The molecule has 0 saturated carbocycles. The van der Waals surface area contributed by atoms with Gasteiger partial charge in [0.05, 0.1) is 11.5 Å². The van der Waals surface area contributed by atoms with Crippen LogP contribution in [0.3, 0.4) is 0 Å². The van der Waals surface area contributed by atoms with Gasteiger partial charge in [-0.2, -0.15) is 0 Å². The maximum atomic E-state index is 12.0. The molecular formula is C14H19NO4S. The van der Waals surface area contributed by atoms with Crippen molar-refractivity contribution in [2.24, 2.45) is 0 Å². The molecule has 5 nitrogen and oxygen atoms in total. The fraction of sp³-hybridized carbons (Fsp3) is 0.500. The van der Waals surface area contributed by atoms with Crippen LogP contribution >= 0.6 is 0 Å². The monoisotopic (exact) mass is 297 g/mol. The lowest BCUT2D eigenvalue weighted by Gasteiger charge is -2.17. The molecule has 1 aliphatic rings. The Bertz CT molecular complexity index is 597. The lowest BCUT2D eigenvalue weighted by Crippen LogP contribution is -2.43. The minimum Gasteiger partial charge on any atom is -0.481 e. The molecule has 0 spiro atoms. The van der Waals surface area contributed by atoms with Crippen molar-refractivity contribution in [1.29, 1.82) is 0 Å². The third-order valence-corrected chi connectivity index (χ3v) is 5.02. The van der Waals surface area contributed by atoms with Crippen molar-refractivity contribution < 1.29 is 17.9 Å². The minimum atomic E-state index is -2.99. The van der Waals surface area contributed by atoms with Gasteiger partial charge in [-0.15, -0.1) is 0 Å². The van der Waals surface area contributed by atoms with Crippen LogP contribution in [0, 0.1) is 6.92 Å². The fourth-order valence-electron chi connectivity index (χ4n) is 2.17. The highest BCUT2D eigenvalue weighted by Gasteiger charge is 2.30. The molecule has 0 radical (unpaired) electrons.